The summed E-state index contributed by atoms with van der Waals surface area (Å²) in [6.45, 7) is 13.0. The first kappa shape index (κ1) is 40.6. The summed E-state index contributed by atoms with van der Waals surface area (Å²) in [4.78, 5) is 32.5. The fourth-order valence-electron chi connectivity index (χ4n) is 4.63. The van der Waals surface area contributed by atoms with Crippen molar-refractivity contribution < 1.29 is 19.2 Å². The molecule has 0 aromatic heterocycles. The van der Waals surface area contributed by atoms with E-state index in [2.05, 4.69) is 169 Å². The monoisotopic (exact) mass is 640 g/mol. The molecule has 0 fully saturated rings. The molecule has 0 bridgehead atoms. The van der Waals surface area contributed by atoms with Crippen LogP contribution in [-0.4, -0.2) is 12.3 Å². The molecule has 6 aromatic carbocycles. The fourth-order valence-corrected chi connectivity index (χ4v) is 4.63. The Labute approximate surface area is 286 Å². The summed E-state index contributed by atoms with van der Waals surface area (Å²) >= 11 is 0. The van der Waals surface area contributed by atoms with E-state index in [1.807, 2.05) is 6.07 Å². The van der Waals surface area contributed by atoms with Crippen molar-refractivity contribution in [3.8, 4) is 0 Å². The number of hydrogen-bond acceptors (Lipinski definition) is 4. The van der Waals surface area contributed by atoms with Gasteiger partial charge in [0.15, 0.2) is 0 Å². The van der Waals surface area contributed by atoms with Gasteiger partial charge in [0.05, 0.1) is 0 Å². The smallest absolute Gasteiger partial charge is 0.186 e. The molecule has 6 rings (SSSR count). The van der Waals surface area contributed by atoms with Gasteiger partial charge in [-0.05, 0) is 83.3 Å². The van der Waals surface area contributed by atoms with Gasteiger partial charge in [-0.25, -0.2) is 0 Å². The van der Waals surface area contributed by atoms with Gasteiger partial charge in [-0.1, -0.05) is 172 Å². The van der Waals surface area contributed by atoms with Crippen LogP contribution in [0.2, 0.25) is 0 Å². The predicted octanol–water partition coefficient (Wildman–Crippen LogP) is 10.8. The minimum absolute atomic E-state index is 0.250. The van der Waals surface area contributed by atoms with Gasteiger partial charge >= 0.3 is 12.3 Å². The minimum atomic E-state index is 0.250. The first-order valence-corrected chi connectivity index (χ1v) is 16.3. The summed E-state index contributed by atoms with van der Waals surface area (Å²) in [7, 11) is 0. The lowest BCUT2D eigenvalue weighted by Crippen LogP contribution is -1.80. The number of hydrogen-bond donors (Lipinski definition) is 0. The van der Waals surface area contributed by atoms with E-state index in [0.717, 1.165) is 25.7 Å². The normalized spacial score (nSPS) is 9.12. The lowest BCUT2D eigenvalue weighted by Gasteiger charge is -2.01. The molecule has 0 spiro atoms. The Balaban J connectivity index is 0.000000307. The third-order valence-corrected chi connectivity index (χ3v) is 7.47. The number of aryl methyl sites for hydroxylation is 6. The van der Waals surface area contributed by atoms with E-state index < -0.39 is 0 Å². The van der Waals surface area contributed by atoms with Gasteiger partial charge in [0.2, 0.25) is 0 Å². The Kier molecular flexibility index (Phi) is 21.0. The van der Waals surface area contributed by atoms with Gasteiger partial charge in [0, 0.05) is 0 Å². The highest BCUT2D eigenvalue weighted by atomic mass is 16.2. The van der Waals surface area contributed by atoms with Crippen LogP contribution in [0.15, 0.2) is 133 Å². The van der Waals surface area contributed by atoms with Crippen LogP contribution in [0.3, 0.4) is 0 Å². The number of carbonyl (C=O) groups excluding carboxylic acids is 4. The molecule has 0 aliphatic carbocycles. The molecule has 0 aliphatic rings. The Morgan fingerprint density at radius 1 is 0.354 bits per heavy atom. The summed E-state index contributed by atoms with van der Waals surface area (Å²) < 4.78 is 0. The molecule has 4 heteroatoms. The van der Waals surface area contributed by atoms with E-state index in [1.165, 1.54) is 54.9 Å². The number of benzene rings is 6. The Morgan fingerprint density at radius 2 is 0.688 bits per heavy atom. The molecular weight excluding hydrogens is 592 g/mol. The molecule has 0 N–H and O–H groups in total. The van der Waals surface area contributed by atoms with Crippen molar-refractivity contribution in [2.24, 2.45) is 0 Å². The Hall–Kier alpha value is -5.40. The summed E-state index contributed by atoms with van der Waals surface area (Å²) in [6.07, 6.45) is 5.01. The topological polar surface area (TPSA) is 68.3 Å². The predicted molar refractivity (Wildman–Crippen MR) is 198 cm³/mol. The van der Waals surface area contributed by atoms with Crippen molar-refractivity contribution in [1.29, 1.82) is 0 Å². The second-order valence-electron chi connectivity index (χ2n) is 10.9. The van der Waals surface area contributed by atoms with E-state index in [-0.39, 0.29) is 12.3 Å². The molecule has 0 saturated heterocycles. The number of fused-ring (bicyclic) bond motifs is 2. The van der Waals surface area contributed by atoms with Crippen molar-refractivity contribution >= 4 is 33.8 Å². The molecule has 0 saturated carbocycles. The van der Waals surface area contributed by atoms with Gasteiger partial charge in [-0.2, -0.15) is 19.2 Å². The van der Waals surface area contributed by atoms with Crippen molar-refractivity contribution in [2.75, 3.05) is 0 Å². The van der Waals surface area contributed by atoms with Crippen LogP contribution in [0.25, 0.3) is 21.5 Å². The second-order valence-corrected chi connectivity index (χ2v) is 10.9. The highest BCUT2D eigenvalue weighted by Gasteiger charge is 1.95. The van der Waals surface area contributed by atoms with Gasteiger partial charge in [0.25, 0.3) is 0 Å². The SMILES string of the molecule is CCc1ccc(C)cc1.CCc1ccc2cc(C)ccc2c1.CCc1ccc2ccccc2c1.CCc1ccccc1.O=C=O.O=C=O. The summed E-state index contributed by atoms with van der Waals surface area (Å²) in [5.74, 6) is 0. The zero-order valence-corrected chi connectivity index (χ0v) is 29.2. The van der Waals surface area contributed by atoms with Gasteiger partial charge in [-0.3, -0.25) is 0 Å². The molecule has 248 valence electrons. The molecule has 0 heterocycles. The molecule has 6 aromatic rings. The zero-order valence-electron chi connectivity index (χ0n) is 29.2. The molecule has 0 amide bonds. The van der Waals surface area contributed by atoms with Crippen LogP contribution in [0.4, 0.5) is 0 Å². The van der Waals surface area contributed by atoms with E-state index in [1.54, 1.807) is 0 Å². The average Bonchev–Trinajstić information content (AvgIpc) is 3.13. The Morgan fingerprint density at radius 3 is 1.17 bits per heavy atom. The first-order chi connectivity index (χ1) is 23.3. The highest BCUT2D eigenvalue weighted by molar-refractivity contribution is 5.84. The van der Waals surface area contributed by atoms with Crippen molar-refractivity contribution in [1.82, 2.24) is 0 Å². The van der Waals surface area contributed by atoms with Crippen molar-refractivity contribution in [3.05, 3.63) is 167 Å². The minimum Gasteiger partial charge on any atom is -0.186 e. The standard InChI is InChI=1S/C13H14.C12H12.C9H12.C8H10.2CO2/c1-3-11-5-7-12-8-10(2)4-6-13(12)9-11;1-2-10-7-8-11-5-3-4-6-12(11)9-10;1-3-9-6-4-8(2)5-7-9;1-2-8-6-4-3-5-7-8;2*2-1-3/h4-9H,3H2,1-2H3;3-9H,2H2,1H3;4-7H,3H2,1-2H3;3-7H,2H2,1H3;;. The quantitative estimate of drug-likeness (QED) is 0.192. The van der Waals surface area contributed by atoms with Gasteiger partial charge in [0.1, 0.15) is 0 Å². The highest BCUT2D eigenvalue weighted by Crippen LogP contribution is 2.18. The second kappa shape index (κ2) is 24.8. The zero-order chi connectivity index (χ0) is 35.6. The van der Waals surface area contributed by atoms with Crippen molar-refractivity contribution in [2.45, 2.75) is 67.2 Å². The van der Waals surface area contributed by atoms with E-state index in [9.17, 15) is 0 Å². The maximum atomic E-state index is 8.12. The van der Waals surface area contributed by atoms with E-state index in [0.29, 0.717) is 0 Å². The summed E-state index contributed by atoms with van der Waals surface area (Å²) in [5, 5.41) is 5.37. The molecule has 0 aliphatic heterocycles. The molecule has 0 unspecified atom stereocenters. The third-order valence-electron chi connectivity index (χ3n) is 7.47. The molecular formula is C44H48O4. The lowest BCUT2D eigenvalue weighted by atomic mass is 10.0. The fraction of sp³-hybridized carbons (Fsp3) is 0.227. The largest absolute Gasteiger partial charge is 0.373 e. The Bertz CT molecular complexity index is 1800. The van der Waals surface area contributed by atoms with Gasteiger partial charge in [-0.15, -0.1) is 0 Å². The van der Waals surface area contributed by atoms with Crippen molar-refractivity contribution in [3.63, 3.8) is 0 Å². The van der Waals surface area contributed by atoms with Crippen LogP contribution in [0.5, 0.6) is 0 Å². The molecule has 0 radical (unpaired) electrons. The molecule has 4 nitrogen and oxygen atoms in total. The lowest BCUT2D eigenvalue weighted by molar-refractivity contribution is -0.193. The summed E-state index contributed by atoms with van der Waals surface area (Å²) in [6, 6.07) is 47.5. The van der Waals surface area contributed by atoms with E-state index >= 15 is 0 Å². The maximum Gasteiger partial charge on any atom is 0.373 e. The summed E-state index contributed by atoms with van der Waals surface area (Å²) in [5.41, 5.74) is 8.32. The van der Waals surface area contributed by atoms with Crippen LogP contribution in [-0.2, 0) is 44.9 Å². The first-order valence-electron chi connectivity index (χ1n) is 16.3. The van der Waals surface area contributed by atoms with E-state index in [4.69, 9.17) is 19.2 Å². The maximum absolute atomic E-state index is 8.12. The van der Waals surface area contributed by atoms with Crippen LogP contribution in [0.1, 0.15) is 61.1 Å². The van der Waals surface area contributed by atoms with Crippen LogP contribution < -0.4 is 0 Å². The van der Waals surface area contributed by atoms with Crippen LogP contribution in [0, 0.1) is 13.8 Å². The third kappa shape index (κ3) is 16.2. The van der Waals surface area contributed by atoms with Crippen LogP contribution >= 0.6 is 0 Å². The number of rotatable bonds is 4. The average molecular weight is 641 g/mol. The molecule has 0 atom stereocenters. The van der Waals surface area contributed by atoms with Gasteiger partial charge < -0.3 is 0 Å². The molecule has 48 heavy (non-hydrogen) atoms.